The van der Waals surface area contributed by atoms with Crippen molar-refractivity contribution in [2.45, 2.75) is 26.2 Å². The van der Waals surface area contributed by atoms with E-state index in [0.29, 0.717) is 13.0 Å². The van der Waals surface area contributed by atoms with Crippen LogP contribution in [0.1, 0.15) is 35.7 Å². The van der Waals surface area contributed by atoms with Gasteiger partial charge in [0, 0.05) is 17.5 Å². The molecule has 2 nitrogen and oxygen atoms in total. The second-order valence-corrected chi connectivity index (χ2v) is 4.30. The summed E-state index contributed by atoms with van der Waals surface area (Å²) in [6.07, 6.45) is 2.53. The predicted octanol–water partition coefficient (Wildman–Crippen LogP) is 3.16. The molecule has 1 aliphatic rings. The van der Waals surface area contributed by atoms with Crippen LogP contribution in [0.25, 0.3) is 0 Å². The van der Waals surface area contributed by atoms with Crippen LogP contribution in [0.2, 0.25) is 0 Å². The fraction of sp³-hybridized carbons (Fsp3) is 0.357. The molecule has 0 atom stereocenters. The molecule has 0 N–H and O–H groups in total. The number of Topliss-reactive ketones (excluding diaryl/α,β-unsaturated/α-hetero) is 1. The summed E-state index contributed by atoms with van der Waals surface area (Å²) in [5.74, 6) is 1.08. The smallest absolute Gasteiger partial charge is 0.163 e. The molecule has 0 aromatic heterocycles. The van der Waals surface area contributed by atoms with Gasteiger partial charge in [-0.15, -0.1) is 0 Å². The number of hydrogen-bond donors (Lipinski definition) is 0. The van der Waals surface area contributed by atoms with Crippen LogP contribution in [0, 0.1) is 0 Å². The first kappa shape index (κ1) is 10.9. The Morgan fingerprint density at radius 1 is 1.44 bits per heavy atom. The standard InChI is InChI=1S/C14H16O2/c1-10(2)9-16-14-8-4-5-11-12(14)6-3-7-13(11)15/h4-5,8H,1,3,6-7,9H2,2H3. The highest BCUT2D eigenvalue weighted by molar-refractivity contribution is 5.99. The van der Waals surface area contributed by atoms with E-state index in [1.54, 1.807) is 0 Å². The summed E-state index contributed by atoms with van der Waals surface area (Å²) in [5, 5.41) is 0. The maximum atomic E-state index is 11.7. The van der Waals surface area contributed by atoms with Gasteiger partial charge in [0.2, 0.25) is 0 Å². The summed E-state index contributed by atoms with van der Waals surface area (Å²) >= 11 is 0. The van der Waals surface area contributed by atoms with E-state index in [9.17, 15) is 4.79 Å². The average molecular weight is 216 g/mol. The van der Waals surface area contributed by atoms with Crippen molar-refractivity contribution in [2.75, 3.05) is 6.61 Å². The zero-order valence-electron chi connectivity index (χ0n) is 9.58. The van der Waals surface area contributed by atoms with Crippen LogP contribution in [-0.2, 0) is 6.42 Å². The molecule has 0 bridgehead atoms. The maximum Gasteiger partial charge on any atom is 0.163 e. The van der Waals surface area contributed by atoms with Gasteiger partial charge in [-0.2, -0.15) is 0 Å². The number of fused-ring (bicyclic) bond motifs is 1. The van der Waals surface area contributed by atoms with Gasteiger partial charge in [0.05, 0.1) is 0 Å². The van der Waals surface area contributed by atoms with Crippen molar-refractivity contribution in [1.29, 1.82) is 0 Å². The first-order chi connectivity index (χ1) is 7.68. The molecule has 1 aromatic carbocycles. The van der Waals surface area contributed by atoms with Gasteiger partial charge in [0.25, 0.3) is 0 Å². The van der Waals surface area contributed by atoms with Crippen LogP contribution in [0.15, 0.2) is 30.4 Å². The Morgan fingerprint density at radius 3 is 3.00 bits per heavy atom. The van der Waals surface area contributed by atoms with E-state index in [1.807, 2.05) is 25.1 Å². The molecule has 1 aliphatic carbocycles. The lowest BCUT2D eigenvalue weighted by atomic mass is 9.90. The molecule has 0 unspecified atom stereocenters. The van der Waals surface area contributed by atoms with Gasteiger partial charge >= 0.3 is 0 Å². The Bertz CT molecular complexity index is 432. The van der Waals surface area contributed by atoms with E-state index in [2.05, 4.69) is 6.58 Å². The zero-order valence-corrected chi connectivity index (χ0v) is 9.58. The minimum absolute atomic E-state index is 0.238. The van der Waals surface area contributed by atoms with Crippen LogP contribution < -0.4 is 4.74 Å². The molecule has 0 saturated carbocycles. The lowest BCUT2D eigenvalue weighted by Crippen LogP contribution is -2.12. The van der Waals surface area contributed by atoms with Gasteiger partial charge in [-0.05, 0) is 31.4 Å². The Hall–Kier alpha value is -1.57. The minimum atomic E-state index is 0.238. The van der Waals surface area contributed by atoms with Crippen molar-refractivity contribution in [1.82, 2.24) is 0 Å². The summed E-state index contributed by atoms with van der Waals surface area (Å²) in [7, 11) is 0. The number of rotatable bonds is 3. The van der Waals surface area contributed by atoms with E-state index in [0.717, 1.165) is 35.3 Å². The maximum absolute atomic E-state index is 11.7. The average Bonchev–Trinajstić information content (AvgIpc) is 2.27. The second kappa shape index (κ2) is 4.52. The summed E-state index contributed by atoms with van der Waals surface area (Å²) in [6, 6.07) is 5.71. The largest absolute Gasteiger partial charge is 0.489 e. The van der Waals surface area contributed by atoms with E-state index >= 15 is 0 Å². The molecule has 2 rings (SSSR count). The van der Waals surface area contributed by atoms with Gasteiger partial charge < -0.3 is 4.74 Å². The van der Waals surface area contributed by atoms with E-state index in [-0.39, 0.29) is 5.78 Å². The molecule has 84 valence electrons. The molecule has 0 spiro atoms. The molecule has 1 aromatic rings. The molecule has 0 amide bonds. The predicted molar refractivity (Wildman–Crippen MR) is 64.0 cm³/mol. The summed E-state index contributed by atoms with van der Waals surface area (Å²) in [4.78, 5) is 11.7. The van der Waals surface area contributed by atoms with Crippen molar-refractivity contribution in [2.24, 2.45) is 0 Å². The molecule has 0 aliphatic heterocycles. The topological polar surface area (TPSA) is 26.3 Å². The van der Waals surface area contributed by atoms with Crippen molar-refractivity contribution in [3.63, 3.8) is 0 Å². The van der Waals surface area contributed by atoms with E-state index < -0.39 is 0 Å². The van der Waals surface area contributed by atoms with Crippen molar-refractivity contribution >= 4 is 5.78 Å². The van der Waals surface area contributed by atoms with Gasteiger partial charge in [-0.1, -0.05) is 18.7 Å². The number of ketones is 1. The van der Waals surface area contributed by atoms with E-state index in [1.165, 1.54) is 0 Å². The van der Waals surface area contributed by atoms with Crippen molar-refractivity contribution in [3.8, 4) is 5.75 Å². The molecule has 16 heavy (non-hydrogen) atoms. The Kier molecular flexibility index (Phi) is 3.09. The molecule has 2 heteroatoms. The van der Waals surface area contributed by atoms with Crippen LogP contribution >= 0.6 is 0 Å². The first-order valence-corrected chi connectivity index (χ1v) is 5.61. The number of carbonyl (C=O) groups is 1. The molecule has 0 radical (unpaired) electrons. The lowest BCUT2D eigenvalue weighted by Gasteiger charge is -2.18. The normalized spacial score (nSPS) is 14.4. The molecule has 0 heterocycles. The molecule has 0 fully saturated rings. The number of hydrogen-bond acceptors (Lipinski definition) is 2. The van der Waals surface area contributed by atoms with Crippen LogP contribution in [-0.4, -0.2) is 12.4 Å². The van der Waals surface area contributed by atoms with E-state index in [4.69, 9.17) is 4.74 Å². The summed E-state index contributed by atoms with van der Waals surface area (Å²) in [5.41, 5.74) is 2.89. The Balaban J connectivity index is 2.29. The third-order valence-electron chi connectivity index (χ3n) is 2.74. The lowest BCUT2D eigenvalue weighted by molar-refractivity contribution is 0.0971. The molecule has 0 saturated heterocycles. The number of ether oxygens (including phenoxy) is 1. The number of benzene rings is 1. The van der Waals surface area contributed by atoms with Crippen LogP contribution in [0.5, 0.6) is 5.75 Å². The van der Waals surface area contributed by atoms with Gasteiger partial charge in [0.15, 0.2) is 5.78 Å². The Morgan fingerprint density at radius 2 is 2.25 bits per heavy atom. The zero-order chi connectivity index (χ0) is 11.5. The van der Waals surface area contributed by atoms with Crippen LogP contribution in [0.3, 0.4) is 0 Å². The highest BCUT2D eigenvalue weighted by Gasteiger charge is 2.19. The molecular formula is C14H16O2. The van der Waals surface area contributed by atoms with Gasteiger partial charge in [-0.25, -0.2) is 0 Å². The SMILES string of the molecule is C=C(C)COc1cccc2c1CCCC2=O. The monoisotopic (exact) mass is 216 g/mol. The fourth-order valence-electron chi connectivity index (χ4n) is 1.98. The van der Waals surface area contributed by atoms with Crippen molar-refractivity contribution in [3.05, 3.63) is 41.5 Å². The van der Waals surface area contributed by atoms with Crippen LogP contribution in [0.4, 0.5) is 0 Å². The quantitative estimate of drug-likeness (QED) is 0.725. The third kappa shape index (κ3) is 2.16. The highest BCUT2D eigenvalue weighted by Crippen LogP contribution is 2.29. The van der Waals surface area contributed by atoms with Gasteiger partial charge in [-0.3, -0.25) is 4.79 Å². The summed E-state index contributed by atoms with van der Waals surface area (Å²) in [6.45, 7) is 6.25. The number of carbonyl (C=O) groups excluding carboxylic acids is 1. The highest BCUT2D eigenvalue weighted by atomic mass is 16.5. The molecular weight excluding hydrogens is 200 g/mol. The minimum Gasteiger partial charge on any atom is -0.489 e. The summed E-state index contributed by atoms with van der Waals surface area (Å²) < 4.78 is 5.66. The fourth-order valence-corrected chi connectivity index (χ4v) is 1.98. The first-order valence-electron chi connectivity index (χ1n) is 5.61. The Labute approximate surface area is 95.9 Å². The van der Waals surface area contributed by atoms with Gasteiger partial charge in [0.1, 0.15) is 12.4 Å². The third-order valence-corrected chi connectivity index (χ3v) is 2.74. The van der Waals surface area contributed by atoms with Crippen molar-refractivity contribution < 1.29 is 9.53 Å². The second-order valence-electron chi connectivity index (χ2n) is 4.30.